The van der Waals surface area contributed by atoms with Crippen LogP contribution in [0.4, 0.5) is 0 Å². The van der Waals surface area contributed by atoms with Crippen molar-refractivity contribution in [3.63, 3.8) is 0 Å². The molecule has 48 heavy (non-hydrogen) atoms. The molecule has 0 aliphatic rings. The van der Waals surface area contributed by atoms with Crippen LogP contribution in [-0.2, 0) is 30.7 Å². The third-order valence-corrected chi connectivity index (χ3v) is 10.4. The number of hydrogen-bond donors (Lipinski definition) is 6. The van der Waals surface area contributed by atoms with E-state index in [-0.39, 0.29) is 16.4 Å². The lowest BCUT2D eigenvalue weighted by molar-refractivity contribution is -0.0737. The Balaban J connectivity index is 2.94. The van der Waals surface area contributed by atoms with Gasteiger partial charge >= 0.3 is 23.2 Å². The Labute approximate surface area is 289 Å². The van der Waals surface area contributed by atoms with E-state index >= 15 is 0 Å². The van der Waals surface area contributed by atoms with Gasteiger partial charge < -0.3 is 43.6 Å². The van der Waals surface area contributed by atoms with Crippen LogP contribution in [0.1, 0.15) is 140 Å². The van der Waals surface area contributed by atoms with Gasteiger partial charge in [0.1, 0.15) is 11.9 Å². The Morgan fingerprint density at radius 3 is 1.62 bits per heavy atom. The van der Waals surface area contributed by atoms with Crippen molar-refractivity contribution in [2.24, 2.45) is 5.41 Å². The Morgan fingerprint density at radius 1 is 0.729 bits per heavy atom. The van der Waals surface area contributed by atoms with Gasteiger partial charge in [-0.2, -0.15) is 0 Å². The minimum atomic E-state index is -3.03. The minimum absolute atomic E-state index is 0.0675. The molecule has 2 rings (SSSR count). The molecule has 2 aromatic rings. The van der Waals surface area contributed by atoms with Crippen LogP contribution in [-0.4, -0.2) is 55.6 Å². The van der Waals surface area contributed by atoms with Crippen LogP contribution in [0.5, 0.6) is 5.75 Å². The first-order chi connectivity index (χ1) is 21.9. The molecule has 10 nitrogen and oxygen atoms in total. The zero-order valence-electron chi connectivity index (χ0n) is 30.7. The van der Waals surface area contributed by atoms with Crippen LogP contribution < -0.4 is 4.74 Å². The molecule has 0 aromatic heterocycles. The smallest absolute Gasteiger partial charge is 0.343 e. The van der Waals surface area contributed by atoms with E-state index in [2.05, 4.69) is 47.6 Å². The summed E-state index contributed by atoms with van der Waals surface area (Å²) in [5.41, 5.74) is 0.437. The van der Waals surface area contributed by atoms with Crippen LogP contribution in [0.15, 0.2) is 30.3 Å². The number of benzene rings is 2. The summed E-state index contributed by atoms with van der Waals surface area (Å²) in [6, 6.07) is 9.35. The Hall–Kier alpha value is -1.55. The van der Waals surface area contributed by atoms with E-state index in [0.29, 0.717) is 22.4 Å². The van der Waals surface area contributed by atoms with Crippen molar-refractivity contribution in [3.8, 4) is 5.75 Å². The molecule has 2 aromatic carbocycles. The summed E-state index contributed by atoms with van der Waals surface area (Å²) in [6.45, 7) is 22.3. The zero-order chi connectivity index (χ0) is 37.0. The van der Waals surface area contributed by atoms with Gasteiger partial charge in [-0.15, -0.1) is 0 Å². The van der Waals surface area contributed by atoms with Gasteiger partial charge in [0.05, 0.1) is 30.8 Å². The SMILES string of the molecule is CCC(C)(C)c1ccc(OC(=O)c2cc(C(C)(C)C)c(C(OP(O)O)C(CO)(CO)COP(O)O)c(C(C)(C)C)c2)c(C(C)(C)CC)c1. The molecule has 0 aliphatic heterocycles. The van der Waals surface area contributed by atoms with Crippen LogP contribution in [0.25, 0.3) is 0 Å². The molecular formula is C36H58O10P2. The molecule has 0 fully saturated rings. The predicted octanol–water partition coefficient (Wildman–Crippen LogP) is 7.34. The summed E-state index contributed by atoms with van der Waals surface area (Å²) in [7, 11) is -5.90. The third-order valence-electron chi connectivity index (χ3n) is 9.61. The Morgan fingerprint density at radius 2 is 1.23 bits per heavy atom. The van der Waals surface area contributed by atoms with Crippen molar-refractivity contribution in [3.05, 3.63) is 63.7 Å². The van der Waals surface area contributed by atoms with E-state index in [0.717, 1.165) is 24.0 Å². The molecule has 0 saturated carbocycles. The van der Waals surface area contributed by atoms with Crippen molar-refractivity contribution in [2.75, 3.05) is 19.8 Å². The first-order valence-corrected chi connectivity index (χ1v) is 18.7. The number of carbonyl (C=O) groups excluding carboxylic acids is 1. The van der Waals surface area contributed by atoms with E-state index in [4.69, 9.17) is 13.8 Å². The fourth-order valence-electron chi connectivity index (χ4n) is 5.55. The molecule has 12 heteroatoms. The van der Waals surface area contributed by atoms with Gasteiger partial charge in [0, 0.05) is 5.56 Å². The van der Waals surface area contributed by atoms with Crippen LogP contribution in [0.2, 0.25) is 0 Å². The van der Waals surface area contributed by atoms with E-state index in [1.807, 2.05) is 53.7 Å². The molecular weight excluding hydrogens is 654 g/mol. The Kier molecular flexibility index (Phi) is 14.4. The number of hydrogen-bond acceptors (Lipinski definition) is 10. The zero-order valence-corrected chi connectivity index (χ0v) is 32.5. The lowest BCUT2D eigenvalue weighted by Gasteiger charge is -2.42. The average Bonchev–Trinajstić information content (AvgIpc) is 2.99. The van der Waals surface area contributed by atoms with Crippen LogP contribution >= 0.6 is 17.2 Å². The van der Waals surface area contributed by atoms with E-state index in [1.54, 1.807) is 12.1 Å². The van der Waals surface area contributed by atoms with Gasteiger partial charge in [-0.3, -0.25) is 0 Å². The number of aliphatic hydroxyl groups excluding tert-OH is 2. The van der Waals surface area contributed by atoms with Crippen molar-refractivity contribution >= 4 is 23.2 Å². The summed E-state index contributed by atoms with van der Waals surface area (Å²) < 4.78 is 17.0. The number of esters is 1. The lowest BCUT2D eigenvalue weighted by atomic mass is 9.69. The van der Waals surface area contributed by atoms with Gasteiger partial charge in [0.15, 0.2) is 0 Å². The van der Waals surface area contributed by atoms with E-state index in [1.165, 1.54) is 0 Å². The maximum atomic E-state index is 14.1. The van der Waals surface area contributed by atoms with Crippen molar-refractivity contribution < 1.29 is 48.4 Å². The molecule has 0 aliphatic carbocycles. The molecule has 272 valence electrons. The second kappa shape index (κ2) is 16.2. The maximum absolute atomic E-state index is 14.1. The van der Waals surface area contributed by atoms with Crippen LogP contribution in [0.3, 0.4) is 0 Å². The van der Waals surface area contributed by atoms with Crippen molar-refractivity contribution in [1.82, 2.24) is 0 Å². The van der Waals surface area contributed by atoms with E-state index < -0.39 is 65.3 Å². The Bertz CT molecular complexity index is 1350. The van der Waals surface area contributed by atoms with E-state index in [9.17, 15) is 34.6 Å². The first-order valence-electron chi connectivity index (χ1n) is 16.3. The van der Waals surface area contributed by atoms with Crippen molar-refractivity contribution in [1.29, 1.82) is 0 Å². The summed E-state index contributed by atoms with van der Waals surface area (Å²) in [5, 5.41) is 21.2. The molecule has 6 N–H and O–H groups in total. The first kappa shape index (κ1) is 42.6. The fraction of sp³-hybridized carbons (Fsp3) is 0.639. The highest BCUT2D eigenvalue weighted by Gasteiger charge is 2.47. The van der Waals surface area contributed by atoms with Gasteiger partial charge in [0.25, 0.3) is 0 Å². The summed E-state index contributed by atoms with van der Waals surface area (Å²) in [4.78, 5) is 53.5. The predicted molar refractivity (Wildman–Crippen MR) is 191 cm³/mol. The minimum Gasteiger partial charge on any atom is -0.423 e. The van der Waals surface area contributed by atoms with Gasteiger partial charge in [-0.1, -0.05) is 95.2 Å². The lowest BCUT2D eigenvalue weighted by Crippen LogP contribution is -2.43. The maximum Gasteiger partial charge on any atom is 0.343 e. The number of rotatable bonds is 15. The molecule has 0 bridgehead atoms. The highest BCUT2D eigenvalue weighted by Crippen LogP contribution is 2.51. The molecule has 0 heterocycles. The fourth-order valence-corrected chi connectivity index (χ4v) is 6.44. The molecule has 0 radical (unpaired) electrons. The second-order valence-electron chi connectivity index (χ2n) is 16.0. The van der Waals surface area contributed by atoms with Gasteiger partial charge in [-0.05, 0) is 75.0 Å². The molecule has 1 atom stereocenters. The summed E-state index contributed by atoms with van der Waals surface area (Å²) in [5.74, 6) is -0.114. The molecule has 0 amide bonds. The number of carbonyl (C=O) groups is 1. The topological polar surface area (TPSA) is 166 Å². The number of aliphatic hydroxyl groups is 2. The third kappa shape index (κ3) is 10.0. The molecule has 0 saturated heterocycles. The molecule has 0 spiro atoms. The average molecular weight is 713 g/mol. The second-order valence-corrected chi connectivity index (χ2v) is 17.5. The summed E-state index contributed by atoms with van der Waals surface area (Å²) >= 11 is 0. The number of ether oxygens (including phenoxy) is 1. The molecule has 1 unspecified atom stereocenters. The van der Waals surface area contributed by atoms with Gasteiger partial charge in [-0.25, -0.2) is 4.79 Å². The quantitative estimate of drug-likeness (QED) is 0.0625. The highest BCUT2D eigenvalue weighted by atomic mass is 31.2. The van der Waals surface area contributed by atoms with Gasteiger partial charge in [0.2, 0.25) is 0 Å². The standard InChI is InChI=1S/C36H58O10P2/c1-13-34(9,10)24-15-16-28(25(19-24)35(11,12)14-2)45-31(39)23-17-26(32(3,4)5)29(27(18-23)33(6,7)8)30(46-48(42)43)36(20-37,21-38)22-44-47(40)41/h15-19,30,37-38,40-43H,13-14,20-22H2,1-12H3. The van der Waals surface area contributed by atoms with Crippen molar-refractivity contribution in [2.45, 2.75) is 124 Å². The normalized spacial score (nSPS) is 14.2. The van der Waals surface area contributed by atoms with Crippen LogP contribution in [0, 0.1) is 5.41 Å². The highest BCUT2D eigenvalue weighted by molar-refractivity contribution is 7.39. The monoisotopic (exact) mass is 712 g/mol. The largest absolute Gasteiger partial charge is 0.423 e. The summed E-state index contributed by atoms with van der Waals surface area (Å²) in [6.07, 6.45) is 0.361.